The van der Waals surface area contributed by atoms with E-state index < -0.39 is 0 Å². The second kappa shape index (κ2) is 8.78. The van der Waals surface area contributed by atoms with Crippen LogP contribution in [0.25, 0.3) is 0 Å². The van der Waals surface area contributed by atoms with Gasteiger partial charge in [-0.2, -0.15) is 0 Å². The third-order valence-corrected chi connectivity index (χ3v) is 3.47. The Labute approximate surface area is 137 Å². The van der Waals surface area contributed by atoms with Crippen molar-refractivity contribution < 1.29 is 9.53 Å². The van der Waals surface area contributed by atoms with Gasteiger partial charge in [0, 0.05) is 24.8 Å². The van der Waals surface area contributed by atoms with Crippen LogP contribution in [0.3, 0.4) is 0 Å². The lowest BCUT2D eigenvalue weighted by Crippen LogP contribution is -2.23. The third-order valence-electron chi connectivity index (χ3n) is 3.47. The summed E-state index contributed by atoms with van der Waals surface area (Å²) in [6.07, 6.45) is 3.85. The van der Waals surface area contributed by atoms with E-state index in [-0.39, 0.29) is 5.91 Å². The van der Waals surface area contributed by atoms with Gasteiger partial charge >= 0.3 is 0 Å². The zero-order chi connectivity index (χ0) is 16.5. The van der Waals surface area contributed by atoms with Crippen LogP contribution in [0.15, 0.2) is 42.6 Å². The minimum atomic E-state index is -0.109. The van der Waals surface area contributed by atoms with Gasteiger partial charge in [-0.05, 0) is 36.2 Å². The van der Waals surface area contributed by atoms with Gasteiger partial charge in [0.1, 0.15) is 11.6 Å². The SMILES string of the molecule is CCCCNc1cc(C(=O)NCc2ccc(OC)cc2)ccn1. The van der Waals surface area contributed by atoms with Crippen molar-refractivity contribution in [3.63, 3.8) is 0 Å². The Hall–Kier alpha value is -2.56. The van der Waals surface area contributed by atoms with Gasteiger partial charge in [-0.3, -0.25) is 4.79 Å². The number of pyridine rings is 1. The molecule has 2 aromatic rings. The Morgan fingerprint density at radius 3 is 2.70 bits per heavy atom. The number of aromatic nitrogens is 1. The Kier molecular flexibility index (Phi) is 6.41. The number of nitrogens with one attached hydrogen (secondary N) is 2. The van der Waals surface area contributed by atoms with Crippen LogP contribution >= 0.6 is 0 Å². The predicted molar refractivity (Wildman–Crippen MR) is 91.8 cm³/mol. The average Bonchev–Trinajstić information content (AvgIpc) is 2.60. The van der Waals surface area contributed by atoms with Crippen LogP contribution in [0.4, 0.5) is 5.82 Å². The topological polar surface area (TPSA) is 63.2 Å². The summed E-state index contributed by atoms with van der Waals surface area (Å²) >= 11 is 0. The van der Waals surface area contributed by atoms with Crippen LogP contribution in [0.5, 0.6) is 5.75 Å². The van der Waals surface area contributed by atoms with Gasteiger partial charge in [-0.25, -0.2) is 4.98 Å². The Morgan fingerprint density at radius 2 is 2.00 bits per heavy atom. The molecule has 5 nitrogen and oxygen atoms in total. The number of unbranched alkanes of at least 4 members (excludes halogenated alkanes) is 1. The molecule has 0 aliphatic rings. The van der Waals surface area contributed by atoms with Crippen molar-refractivity contribution in [1.82, 2.24) is 10.3 Å². The van der Waals surface area contributed by atoms with Gasteiger partial charge in [0.2, 0.25) is 0 Å². The molecule has 1 amide bonds. The van der Waals surface area contributed by atoms with Gasteiger partial charge in [0.25, 0.3) is 5.91 Å². The second-order valence-corrected chi connectivity index (χ2v) is 5.24. The van der Waals surface area contributed by atoms with Gasteiger partial charge < -0.3 is 15.4 Å². The molecule has 1 heterocycles. The van der Waals surface area contributed by atoms with Crippen LogP contribution in [0, 0.1) is 0 Å². The van der Waals surface area contributed by atoms with Gasteiger partial charge in [0.15, 0.2) is 0 Å². The standard InChI is InChI=1S/C18H23N3O2/c1-3-4-10-19-17-12-15(9-11-20-17)18(22)21-13-14-5-7-16(23-2)8-6-14/h5-9,11-12H,3-4,10,13H2,1-2H3,(H,19,20)(H,21,22). The molecule has 0 atom stereocenters. The molecular weight excluding hydrogens is 290 g/mol. The summed E-state index contributed by atoms with van der Waals surface area (Å²) < 4.78 is 5.12. The summed E-state index contributed by atoms with van der Waals surface area (Å²) in [4.78, 5) is 16.5. The van der Waals surface area contributed by atoms with Crippen molar-refractivity contribution in [2.24, 2.45) is 0 Å². The molecule has 1 aromatic carbocycles. The molecule has 1 aromatic heterocycles. The van der Waals surface area contributed by atoms with Crippen molar-refractivity contribution in [1.29, 1.82) is 0 Å². The maximum Gasteiger partial charge on any atom is 0.251 e. The summed E-state index contributed by atoms with van der Waals surface area (Å²) in [5.41, 5.74) is 1.63. The minimum Gasteiger partial charge on any atom is -0.497 e. The molecule has 122 valence electrons. The van der Waals surface area contributed by atoms with Crippen LogP contribution in [0.2, 0.25) is 0 Å². The fourth-order valence-electron chi connectivity index (χ4n) is 2.09. The van der Waals surface area contributed by atoms with Gasteiger partial charge in [-0.15, -0.1) is 0 Å². The lowest BCUT2D eigenvalue weighted by Gasteiger charge is -2.08. The van der Waals surface area contributed by atoms with E-state index in [2.05, 4.69) is 22.5 Å². The van der Waals surface area contributed by atoms with E-state index in [4.69, 9.17) is 4.74 Å². The number of ether oxygens (including phenoxy) is 1. The monoisotopic (exact) mass is 313 g/mol. The number of amides is 1. The number of hydrogen-bond acceptors (Lipinski definition) is 4. The lowest BCUT2D eigenvalue weighted by atomic mass is 10.2. The zero-order valence-corrected chi connectivity index (χ0v) is 13.6. The van der Waals surface area contributed by atoms with Crippen LogP contribution in [0.1, 0.15) is 35.7 Å². The van der Waals surface area contributed by atoms with Crippen molar-refractivity contribution in [3.8, 4) is 5.75 Å². The molecule has 2 rings (SSSR count). The van der Waals surface area contributed by atoms with E-state index in [1.807, 2.05) is 24.3 Å². The maximum atomic E-state index is 12.2. The number of rotatable bonds is 8. The summed E-state index contributed by atoms with van der Waals surface area (Å²) in [7, 11) is 1.63. The molecule has 0 aliphatic carbocycles. The number of carbonyl (C=O) groups excluding carboxylic acids is 1. The smallest absolute Gasteiger partial charge is 0.251 e. The largest absolute Gasteiger partial charge is 0.497 e. The molecule has 0 saturated carbocycles. The molecule has 2 N–H and O–H groups in total. The fraction of sp³-hybridized carbons (Fsp3) is 0.333. The first-order valence-electron chi connectivity index (χ1n) is 7.84. The molecule has 0 unspecified atom stereocenters. The number of anilines is 1. The average molecular weight is 313 g/mol. The molecule has 0 aliphatic heterocycles. The first-order chi connectivity index (χ1) is 11.2. The maximum absolute atomic E-state index is 12.2. The van der Waals surface area contributed by atoms with Crippen molar-refractivity contribution in [2.75, 3.05) is 19.0 Å². The number of methoxy groups -OCH3 is 1. The van der Waals surface area contributed by atoms with Crippen molar-refractivity contribution >= 4 is 11.7 Å². The van der Waals surface area contributed by atoms with Crippen molar-refractivity contribution in [2.45, 2.75) is 26.3 Å². The quantitative estimate of drug-likeness (QED) is 0.734. The molecular formula is C18H23N3O2. The molecule has 23 heavy (non-hydrogen) atoms. The fourth-order valence-corrected chi connectivity index (χ4v) is 2.09. The molecule has 0 fully saturated rings. The third kappa shape index (κ3) is 5.29. The summed E-state index contributed by atoms with van der Waals surface area (Å²) in [5.74, 6) is 1.43. The highest BCUT2D eigenvalue weighted by atomic mass is 16.5. The van der Waals surface area contributed by atoms with E-state index in [0.717, 1.165) is 36.5 Å². The van der Waals surface area contributed by atoms with E-state index in [1.54, 1.807) is 25.4 Å². The van der Waals surface area contributed by atoms with Gasteiger partial charge in [0.05, 0.1) is 7.11 Å². The number of nitrogens with zero attached hydrogens (tertiary/aromatic N) is 1. The highest BCUT2D eigenvalue weighted by molar-refractivity contribution is 5.94. The van der Waals surface area contributed by atoms with E-state index >= 15 is 0 Å². The van der Waals surface area contributed by atoms with Crippen molar-refractivity contribution in [3.05, 3.63) is 53.7 Å². The van der Waals surface area contributed by atoms with Gasteiger partial charge in [-0.1, -0.05) is 25.5 Å². The first kappa shape index (κ1) is 16.8. The Balaban J connectivity index is 1.90. The zero-order valence-electron chi connectivity index (χ0n) is 13.6. The molecule has 0 radical (unpaired) electrons. The summed E-state index contributed by atoms with van der Waals surface area (Å²) in [6, 6.07) is 11.1. The lowest BCUT2D eigenvalue weighted by molar-refractivity contribution is 0.0951. The van der Waals surface area contributed by atoms with E-state index in [1.165, 1.54) is 0 Å². The highest BCUT2D eigenvalue weighted by Gasteiger charge is 2.06. The number of hydrogen-bond donors (Lipinski definition) is 2. The van der Waals surface area contributed by atoms with E-state index in [9.17, 15) is 4.79 Å². The molecule has 5 heteroatoms. The molecule has 0 saturated heterocycles. The Bertz CT molecular complexity index is 626. The first-order valence-corrected chi connectivity index (χ1v) is 7.84. The number of benzene rings is 1. The van der Waals surface area contributed by atoms with Crippen LogP contribution < -0.4 is 15.4 Å². The molecule has 0 spiro atoms. The second-order valence-electron chi connectivity index (χ2n) is 5.24. The minimum absolute atomic E-state index is 0.109. The highest BCUT2D eigenvalue weighted by Crippen LogP contribution is 2.12. The van der Waals surface area contributed by atoms with Crippen LogP contribution in [-0.2, 0) is 6.54 Å². The van der Waals surface area contributed by atoms with E-state index in [0.29, 0.717) is 12.1 Å². The molecule has 0 bridgehead atoms. The summed E-state index contributed by atoms with van der Waals surface area (Å²) in [5, 5.41) is 6.13. The van der Waals surface area contributed by atoms with Crippen LogP contribution in [-0.4, -0.2) is 24.5 Å². The predicted octanol–water partition coefficient (Wildman–Crippen LogP) is 3.23. The summed E-state index contributed by atoms with van der Waals surface area (Å²) in [6.45, 7) is 3.47. The Morgan fingerprint density at radius 1 is 1.22 bits per heavy atom. The number of carbonyl (C=O) groups is 1. The normalized spacial score (nSPS) is 10.2.